The summed E-state index contributed by atoms with van der Waals surface area (Å²) in [4.78, 5) is 26.9. The zero-order chi connectivity index (χ0) is 19.6. The lowest BCUT2D eigenvalue weighted by Gasteiger charge is -2.12. The summed E-state index contributed by atoms with van der Waals surface area (Å²) in [7, 11) is 0. The van der Waals surface area contributed by atoms with Crippen LogP contribution in [0.2, 0.25) is 0 Å². The van der Waals surface area contributed by atoms with Gasteiger partial charge in [0.05, 0.1) is 9.20 Å². The molecule has 26 heavy (non-hydrogen) atoms. The van der Waals surface area contributed by atoms with E-state index in [-0.39, 0.29) is 17.1 Å². The molecule has 140 valence electrons. The van der Waals surface area contributed by atoms with Crippen LogP contribution in [0.25, 0.3) is 12.2 Å². The van der Waals surface area contributed by atoms with Crippen LogP contribution in [0, 0.1) is 19.3 Å². The lowest BCUT2D eigenvalue weighted by molar-refractivity contribution is -0.120. The number of aryl methyl sites for hydroxylation is 2. The summed E-state index contributed by atoms with van der Waals surface area (Å²) in [6.45, 7) is 5.86. The Bertz CT molecular complexity index is 974. The maximum atomic E-state index is 12.5. The Balaban J connectivity index is 2.47. The zero-order valence-corrected chi connectivity index (χ0v) is 16.1. The SMILES string of the molecule is Cc1cc(/C=c2\s/c(=C\C(=O)C(C)(C)C)[nH]c2=O)cc(C)c1OC(F)F. The summed E-state index contributed by atoms with van der Waals surface area (Å²) < 4.78 is 30.4. The highest BCUT2D eigenvalue weighted by molar-refractivity contribution is 7.07. The fraction of sp³-hybridized carbons (Fsp3) is 0.368. The van der Waals surface area contributed by atoms with E-state index in [0.717, 1.165) is 0 Å². The van der Waals surface area contributed by atoms with E-state index in [2.05, 4.69) is 9.72 Å². The van der Waals surface area contributed by atoms with Gasteiger partial charge >= 0.3 is 6.61 Å². The third kappa shape index (κ3) is 4.88. The Morgan fingerprint density at radius 2 is 1.81 bits per heavy atom. The van der Waals surface area contributed by atoms with Gasteiger partial charge in [-0.05, 0) is 48.7 Å². The fourth-order valence-electron chi connectivity index (χ4n) is 2.35. The average molecular weight is 381 g/mol. The van der Waals surface area contributed by atoms with Crippen LogP contribution in [0.4, 0.5) is 8.78 Å². The highest BCUT2D eigenvalue weighted by atomic mass is 32.1. The zero-order valence-electron chi connectivity index (χ0n) is 15.3. The number of ketones is 1. The van der Waals surface area contributed by atoms with E-state index < -0.39 is 12.0 Å². The first-order valence-electron chi connectivity index (χ1n) is 8.00. The maximum Gasteiger partial charge on any atom is 0.387 e. The molecule has 7 heteroatoms. The number of H-pyrrole nitrogens is 1. The number of nitrogens with one attached hydrogen (secondary N) is 1. The van der Waals surface area contributed by atoms with E-state index in [1.54, 1.807) is 52.8 Å². The van der Waals surface area contributed by atoms with E-state index in [1.807, 2.05) is 0 Å². The predicted octanol–water partition coefficient (Wildman–Crippen LogP) is 2.88. The number of Topliss-reactive ketones (excluding diaryl/α,β-unsaturated/α-hetero) is 1. The second-order valence-electron chi connectivity index (χ2n) is 7.05. The summed E-state index contributed by atoms with van der Waals surface area (Å²) in [6.07, 6.45) is 3.09. The van der Waals surface area contributed by atoms with Gasteiger partial charge < -0.3 is 9.72 Å². The van der Waals surface area contributed by atoms with Crippen molar-refractivity contribution in [2.24, 2.45) is 5.41 Å². The Morgan fingerprint density at radius 3 is 2.31 bits per heavy atom. The standard InChI is InChI=1S/C19H21F2NO3S/c1-10-6-12(7-11(2)16(10)25-18(20)21)8-13-17(24)22-15(26-13)9-14(23)19(3,4)5/h6-9,18H,1-5H3,(H,22,24)/b13-8-,15-9-. The highest BCUT2D eigenvalue weighted by Gasteiger charge is 2.18. The van der Waals surface area contributed by atoms with E-state index in [9.17, 15) is 18.4 Å². The van der Waals surface area contributed by atoms with Crippen LogP contribution in [0.3, 0.4) is 0 Å². The number of ether oxygens (including phenoxy) is 1. The van der Waals surface area contributed by atoms with Gasteiger partial charge in [-0.25, -0.2) is 0 Å². The van der Waals surface area contributed by atoms with Crippen LogP contribution in [0.15, 0.2) is 16.9 Å². The van der Waals surface area contributed by atoms with Crippen molar-refractivity contribution in [2.45, 2.75) is 41.2 Å². The third-order valence-corrected chi connectivity index (χ3v) is 4.63. The Labute approximate surface area is 153 Å². The third-order valence-electron chi connectivity index (χ3n) is 3.67. The number of carbonyl (C=O) groups excluding carboxylic acids is 1. The molecule has 0 bridgehead atoms. The van der Waals surface area contributed by atoms with Gasteiger partial charge in [0.2, 0.25) is 0 Å². The van der Waals surface area contributed by atoms with Gasteiger partial charge in [0.15, 0.2) is 5.78 Å². The Kier molecular flexibility index (Phi) is 5.81. The molecule has 0 amide bonds. The summed E-state index contributed by atoms with van der Waals surface area (Å²) >= 11 is 1.17. The average Bonchev–Trinajstić information content (AvgIpc) is 2.81. The van der Waals surface area contributed by atoms with Gasteiger partial charge in [0.25, 0.3) is 5.56 Å². The molecule has 0 aliphatic carbocycles. The predicted molar refractivity (Wildman–Crippen MR) is 99.2 cm³/mol. The molecule has 1 N–H and O–H groups in total. The molecule has 0 aliphatic heterocycles. The smallest absolute Gasteiger partial charge is 0.387 e. The lowest BCUT2D eigenvalue weighted by Crippen LogP contribution is -2.22. The van der Waals surface area contributed by atoms with Crippen molar-refractivity contribution in [2.75, 3.05) is 0 Å². The molecule has 1 aromatic heterocycles. The van der Waals surface area contributed by atoms with E-state index >= 15 is 0 Å². The molecule has 2 aromatic rings. The van der Waals surface area contributed by atoms with Crippen LogP contribution in [0.1, 0.15) is 37.5 Å². The van der Waals surface area contributed by atoms with Crippen LogP contribution < -0.4 is 19.5 Å². The molecule has 4 nitrogen and oxygen atoms in total. The molecule has 0 aliphatic rings. The second kappa shape index (κ2) is 7.53. The highest BCUT2D eigenvalue weighted by Crippen LogP contribution is 2.26. The topological polar surface area (TPSA) is 59.2 Å². The molecule has 0 fully saturated rings. The summed E-state index contributed by atoms with van der Waals surface area (Å²) in [5.74, 6) is 0.0591. The lowest BCUT2D eigenvalue weighted by atomic mass is 9.91. The minimum Gasteiger partial charge on any atom is -0.434 e. The summed E-state index contributed by atoms with van der Waals surface area (Å²) in [5.41, 5.74) is 0.978. The van der Waals surface area contributed by atoms with Gasteiger partial charge in [-0.2, -0.15) is 8.78 Å². The molecular weight excluding hydrogens is 360 g/mol. The van der Waals surface area contributed by atoms with Gasteiger partial charge in [0.1, 0.15) is 5.75 Å². The number of benzene rings is 1. The summed E-state index contributed by atoms with van der Waals surface area (Å²) in [5, 5.41) is 0. The molecular formula is C19H21F2NO3S. The number of aromatic nitrogens is 1. The minimum atomic E-state index is -2.89. The fourth-order valence-corrected chi connectivity index (χ4v) is 3.24. The van der Waals surface area contributed by atoms with E-state index in [0.29, 0.717) is 25.9 Å². The molecule has 0 atom stereocenters. The number of halogens is 2. The molecule has 0 spiro atoms. The largest absolute Gasteiger partial charge is 0.434 e. The van der Waals surface area contributed by atoms with Crippen molar-refractivity contribution in [3.8, 4) is 5.75 Å². The Hall–Kier alpha value is -2.28. The van der Waals surface area contributed by atoms with E-state index in [4.69, 9.17) is 0 Å². The molecule has 0 saturated carbocycles. The van der Waals surface area contributed by atoms with Crippen LogP contribution in [0.5, 0.6) is 5.75 Å². The van der Waals surface area contributed by atoms with Crippen molar-refractivity contribution >= 4 is 29.3 Å². The van der Waals surface area contributed by atoms with Gasteiger partial charge in [-0.15, -0.1) is 11.3 Å². The molecule has 0 saturated heterocycles. The molecule has 0 unspecified atom stereocenters. The van der Waals surface area contributed by atoms with Crippen molar-refractivity contribution in [1.82, 2.24) is 4.98 Å². The molecule has 0 radical (unpaired) electrons. The molecule has 1 heterocycles. The van der Waals surface area contributed by atoms with Crippen molar-refractivity contribution in [1.29, 1.82) is 0 Å². The number of hydrogen-bond acceptors (Lipinski definition) is 4. The number of alkyl halides is 2. The van der Waals surface area contributed by atoms with Gasteiger partial charge in [-0.3, -0.25) is 9.59 Å². The number of rotatable bonds is 4. The quantitative estimate of drug-likeness (QED) is 0.886. The number of carbonyl (C=O) groups is 1. The minimum absolute atomic E-state index is 0.0817. The van der Waals surface area contributed by atoms with Crippen molar-refractivity contribution in [3.63, 3.8) is 0 Å². The second-order valence-corrected chi connectivity index (χ2v) is 8.13. The number of hydrogen-bond donors (Lipinski definition) is 1. The molecule has 2 rings (SSSR count). The van der Waals surface area contributed by atoms with Gasteiger partial charge in [0, 0.05) is 11.5 Å². The molecule has 1 aromatic carbocycles. The Morgan fingerprint density at radius 1 is 1.23 bits per heavy atom. The van der Waals surface area contributed by atoms with Crippen molar-refractivity contribution in [3.05, 3.63) is 48.4 Å². The first-order valence-corrected chi connectivity index (χ1v) is 8.82. The van der Waals surface area contributed by atoms with Crippen molar-refractivity contribution < 1.29 is 18.3 Å². The summed E-state index contributed by atoms with van der Waals surface area (Å²) in [6, 6.07) is 3.35. The van der Waals surface area contributed by atoms with Gasteiger partial charge in [-0.1, -0.05) is 20.8 Å². The van der Waals surface area contributed by atoms with E-state index in [1.165, 1.54) is 17.4 Å². The number of aromatic amines is 1. The monoisotopic (exact) mass is 381 g/mol. The maximum absolute atomic E-state index is 12.5. The first kappa shape index (κ1) is 20.0. The van der Waals surface area contributed by atoms with Crippen LogP contribution in [-0.4, -0.2) is 17.4 Å². The van der Waals surface area contributed by atoms with Crippen LogP contribution >= 0.6 is 11.3 Å². The number of thiazole rings is 1. The normalized spacial score (nSPS) is 13.5. The van der Waals surface area contributed by atoms with Crippen LogP contribution in [-0.2, 0) is 4.79 Å². The first-order chi connectivity index (χ1) is 12.0.